The summed E-state index contributed by atoms with van der Waals surface area (Å²) in [6, 6.07) is 8.38. The van der Waals surface area contributed by atoms with Crippen LogP contribution in [0.3, 0.4) is 0 Å². The third-order valence-electron chi connectivity index (χ3n) is 6.39. The number of methoxy groups -OCH3 is 1. The highest BCUT2D eigenvalue weighted by atomic mass is 16.7. The Balaban J connectivity index is 1.94. The van der Waals surface area contributed by atoms with Gasteiger partial charge in [-0.1, -0.05) is 6.07 Å². The molecule has 2 aromatic carbocycles. The van der Waals surface area contributed by atoms with Crippen LogP contribution in [0.5, 0.6) is 11.5 Å². The molecule has 1 saturated heterocycles. The van der Waals surface area contributed by atoms with Crippen LogP contribution in [0.1, 0.15) is 50.5 Å². The van der Waals surface area contributed by atoms with Gasteiger partial charge in [-0.15, -0.1) is 0 Å². The van der Waals surface area contributed by atoms with Crippen LogP contribution in [0.25, 0.3) is 0 Å². The monoisotopic (exact) mass is 690 g/mol. The van der Waals surface area contributed by atoms with Gasteiger partial charge in [-0.2, -0.15) is 0 Å². The third-order valence-corrected chi connectivity index (χ3v) is 6.39. The Morgan fingerprint density at radius 1 is 0.878 bits per heavy atom. The van der Waals surface area contributed by atoms with Gasteiger partial charge in [-0.05, 0) is 43.7 Å². The second-order valence-corrected chi connectivity index (χ2v) is 10.6. The highest BCUT2D eigenvalue weighted by molar-refractivity contribution is 5.97. The van der Waals surface area contributed by atoms with Crippen molar-refractivity contribution in [1.29, 1.82) is 0 Å². The number of nitrogens with zero attached hydrogens (tertiary/aromatic N) is 1. The summed E-state index contributed by atoms with van der Waals surface area (Å²) < 4.78 is 42.7. The fourth-order valence-corrected chi connectivity index (χ4v) is 4.49. The molecule has 5 atom stereocenters. The van der Waals surface area contributed by atoms with Crippen molar-refractivity contribution >= 4 is 41.6 Å². The highest BCUT2D eigenvalue weighted by Crippen LogP contribution is 2.33. The quantitative estimate of drug-likeness (QED) is 0.111. The first-order chi connectivity index (χ1) is 23.1. The third kappa shape index (κ3) is 10.6. The fraction of sp³-hybridized carbons (Fsp3) is 0.419. The molecule has 2 aromatic rings. The predicted octanol–water partition coefficient (Wildman–Crippen LogP) is 2.52. The molecule has 0 radical (unpaired) electrons. The Morgan fingerprint density at radius 2 is 1.47 bits per heavy atom. The van der Waals surface area contributed by atoms with Crippen molar-refractivity contribution in [2.45, 2.75) is 78.0 Å². The maximum absolute atomic E-state index is 13.3. The van der Waals surface area contributed by atoms with Gasteiger partial charge in [0.2, 0.25) is 12.4 Å². The molecule has 1 N–H and O–H groups in total. The molecule has 0 aromatic heterocycles. The summed E-state index contributed by atoms with van der Waals surface area (Å²) >= 11 is 0. The van der Waals surface area contributed by atoms with E-state index in [0.29, 0.717) is 0 Å². The van der Waals surface area contributed by atoms with E-state index in [1.807, 2.05) is 0 Å². The van der Waals surface area contributed by atoms with Gasteiger partial charge in [0.25, 0.3) is 11.6 Å². The van der Waals surface area contributed by atoms with Gasteiger partial charge in [0.1, 0.15) is 18.1 Å². The molecule has 1 fully saturated rings. The average molecular weight is 691 g/mol. The van der Waals surface area contributed by atoms with E-state index in [1.54, 1.807) is 13.8 Å². The van der Waals surface area contributed by atoms with Gasteiger partial charge in [0.05, 0.1) is 17.6 Å². The van der Waals surface area contributed by atoms with E-state index in [2.05, 4.69) is 5.32 Å². The molecule has 18 nitrogen and oxygen atoms in total. The topological polar surface area (TPSA) is 231 Å². The minimum absolute atomic E-state index is 0.0144. The molecular weight excluding hydrogens is 656 g/mol. The first-order valence-electron chi connectivity index (χ1n) is 14.5. The van der Waals surface area contributed by atoms with E-state index >= 15 is 0 Å². The lowest BCUT2D eigenvalue weighted by molar-refractivity contribution is -0.384. The van der Waals surface area contributed by atoms with Crippen LogP contribution in [0.2, 0.25) is 0 Å². The largest absolute Gasteiger partial charge is 0.514 e. The van der Waals surface area contributed by atoms with Crippen molar-refractivity contribution in [2.75, 3.05) is 7.11 Å². The molecule has 49 heavy (non-hydrogen) atoms. The van der Waals surface area contributed by atoms with Crippen LogP contribution in [0.4, 0.5) is 10.5 Å². The Kier molecular flexibility index (Phi) is 13.0. The van der Waals surface area contributed by atoms with Gasteiger partial charge in [0.15, 0.2) is 18.3 Å². The second kappa shape index (κ2) is 16.9. The minimum atomic E-state index is -1.74. The molecule has 0 unspecified atom stereocenters. The molecule has 1 aliphatic heterocycles. The number of hydrogen-bond donors (Lipinski definition) is 1. The summed E-state index contributed by atoms with van der Waals surface area (Å²) in [4.78, 5) is 84.7. The van der Waals surface area contributed by atoms with Crippen LogP contribution >= 0.6 is 0 Å². The van der Waals surface area contributed by atoms with Gasteiger partial charge in [-0.25, -0.2) is 9.59 Å². The molecule has 1 amide bonds. The van der Waals surface area contributed by atoms with Crippen molar-refractivity contribution in [1.82, 2.24) is 5.32 Å². The first kappa shape index (κ1) is 37.7. The van der Waals surface area contributed by atoms with Crippen LogP contribution < -0.4 is 14.8 Å². The Bertz CT molecular complexity index is 1570. The van der Waals surface area contributed by atoms with Crippen molar-refractivity contribution in [3.05, 3.63) is 63.7 Å². The normalized spacial score (nSPS) is 19.9. The van der Waals surface area contributed by atoms with Gasteiger partial charge in [0, 0.05) is 38.9 Å². The Labute approximate surface area is 278 Å². The van der Waals surface area contributed by atoms with Crippen molar-refractivity contribution in [3.8, 4) is 11.5 Å². The summed E-state index contributed by atoms with van der Waals surface area (Å²) in [6.45, 7) is 6.10. The number of rotatable bonds is 12. The van der Waals surface area contributed by atoms with E-state index in [0.717, 1.165) is 40.0 Å². The zero-order valence-electron chi connectivity index (χ0n) is 27.2. The standard InChI is InChI=1S/C31H34N2O16/c1-15(2)32-28(37)22-13-19(14-43-31(39)47-21-10-8-20(9-11-21)33(40)41)7-12-23(22)48-30-27(46-18(5)36)25(45-17(4)35)24(44-16(3)34)26(49-30)29(38)42-6/h7-13,15,24-27,30H,14H2,1-6H3,(H,32,37)/t24-,25-,26-,27+,30+/m0/s1. The van der Waals surface area contributed by atoms with Gasteiger partial charge in [-0.3, -0.25) is 29.3 Å². The minimum Gasteiger partial charge on any atom is -0.467 e. The molecule has 264 valence electrons. The van der Waals surface area contributed by atoms with E-state index in [-0.39, 0.29) is 34.4 Å². The Morgan fingerprint density at radius 3 is 2.02 bits per heavy atom. The van der Waals surface area contributed by atoms with E-state index in [9.17, 15) is 38.9 Å². The van der Waals surface area contributed by atoms with Gasteiger partial charge < -0.3 is 43.2 Å². The summed E-state index contributed by atoms with van der Waals surface area (Å²) in [7, 11) is 1.03. The fourth-order valence-electron chi connectivity index (χ4n) is 4.49. The van der Waals surface area contributed by atoms with E-state index in [4.69, 9.17) is 37.9 Å². The lowest BCUT2D eigenvalue weighted by Crippen LogP contribution is -2.64. The van der Waals surface area contributed by atoms with Crippen molar-refractivity contribution < 1.29 is 71.6 Å². The number of nitro benzene ring substituents is 1. The first-order valence-corrected chi connectivity index (χ1v) is 14.5. The number of esters is 4. The van der Waals surface area contributed by atoms with E-state index < -0.39 is 78.2 Å². The number of amides is 1. The highest BCUT2D eigenvalue weighted by Gasteiger charge is 2.56. The van der Waals surface area contributed by atoms with E-state index in [1.165, 1.54) is 30.3 Å². The number of nitrogens with one attached hydrogen (secondary N) is 1. The number of carbonyl (C=O) groups excluding carboxylic acids is 6. The number of carbonyl (C=O) groups is 6. The lowest BCUT2D eigenvalue weighted by atomic mass is 9.97. The molecule has 18 heteroatoms. The number of hydrogen-bond acceptors (Lipinski definition) is 16. The number of nitro groups is 1. The smallest absolute Gasteiger partial charge is 0.467 e. The number of non-ortho nitro benzene ring substituents is 1. The van der Waals surface area contributed by atoms with Crippen molar-refractivity contribution in [3.63, 3.8) is 0 Å². The predicted molar refractivity (Wildman–Crippen MR) is 161 cm³/mol. The molecule has 0 spiro atoms. The zero-order chi connectivity index (χ0) is 36.4. The lowest BCUT2D eigenvalue weighted by Gasteiger charge is -2.43. The number of ether oxygens (including phenoxy) is 8. The SMILES string of the molecule is COC(=O)[C@H]1O[C@@H](Oc2ccc(COC(=O)Oc3ccc([N+](=O)[O-])cc3)cc2C(=O)NC(C)C)[C@H](OC(C)=O)[C@@H](OC(C)=O)[C@@H]1OC(C)=O. The summed E-state index contributed by atoms with van der Waals surface area (Å²) in [6.07, 6.45) is -9.52. The molecule has 1 heterocycles. The molecule has 0 bridgehead atoms. The van der Waals surface area contributed by atoms with Crippen LogP contribution in [-0.4, -0.2) is 84.7 Å². The molecule has 3 rings (SSSR count). The van der Waals surface area contributed by atoms with Gasteiger partial charge >= 0.3 is 30.0 Å². The maximum atomic E-state index is 13.3. The molecular formula is C31H34N2O16. The second-order valence-electron chi connectivity index (χ2n) is 10.6. The summed E-state index contributed by atoms with van der Waals surface area (Å²) in [5.74, 6) is -4.56. The van der Waals surface area contributed by atoms with Crippen LogP contribution in [-0.2, 0) is 54.2 Å². The van der Waals surface area contributed by atoms with Crippen LogP contribution in [0, 0.1) is 10.1 Å². The maximum Gasteiger partial charge on any atom is 0.514 e. The van der Waals surface area contributed by atoms with Crippen LogP contribution in [0.15, 0.2) is 42.5 Å². The zero-order valence-corrected chi connectivity index (χ0v) is 27.2. The molecule has 0 aliphatic carbocycles. The molecule has 0 saturated carbocycles. The summed E-state index contributed by atoms with van der Waals surface area (Å²) in [5.41, 5.74) is -0.0485. The average Bonchev–Trinajstić information content (AvgIpc) is 3.02. The number of benzene rings is 2. The van der Waals surface area contributed by atoms with Crippen molar-refractivity contribution in [2.24, 2.45) is 0 Å². The molecule has 1 aliphatic rings. The Hall–Kier alpha value is -5.78. The summed E-state index contributed by atoms with van der Waals surface area (Å²) in [5, 5.41) is 13.5.